The molecule has 0 radical (unpaired) electrons. The normalized spacial score (nSPS) is 12.0. The summed E-state index contributed by atoms with van der Waals surface area (Å²) in [6.45, 7) is 7.92. The minimum absolute atomic E-state index is 0.0451. The van der Waals surface area contributed by atoms with Gasteiger partial charge in [-0.3, -0.25) is 13.9 Å². The van der Waals surface area contributed by atoms with Crippen molar-refractivity contribution < 1.29 is 27.5 Å². The van der Waals surface area contributed by atoms with Crippen LogP contribution in [0, 0.1) is 5.92 Å². The van der Waals surface area contributed by atoms with Gasteiger partial charge in [-0.15, -0.1) is 0 Å². The molecule has 0 bridgehead atoms. The summed E-state index contributed by atoms with van der Waals surface area (Å²) >= 11 is 0. The topological polar surface area (TPSA) is 105 Å². The first-order valence-electron chi connectivity index (χ1n) is 13.6. The van der Waals surface area contributed by atoms with Crippen molar-refractivity contribution in [1.29, 1.82) is 0 Å². The van der Waals surface area contributed by atoms with Gasteiger partial charge in [0.1, 0.15) is 24.1 Å². The number of amides is 2. The molecule has 0 saturated carbocycles. The first-order chi connectivity index (χ1) is 19.6. The second-order valence-corrected chi connectivity index (χ2v) is 11.8. The van der Waals surface area contributed by atoms with Crippen molar-refractivity contribution in [1.82, 2.24) is 10.2 Å². The first kappa shape index (κ1) is 31.5. The van der Waals surface area contributed by atoms with Crippen LogP contribution in [0.2, 0.25) is 0 Å². The lowest BCUT2D eigenvalue weighted by Crippen LogP contribution is -2.51. The lowest BCUT2D eigenvalue weighted by molar-refractivity contribution is -0.139. The number of rotatable bonds is 14. The van der Waals surface area contributed by atoms with Crippen LogP contribution in [0.5, 0.6) is 11.5 Å². The highest BCUT2D eigenvalue weighted by Gasteiger charge is 2.32. The fraction of sp³-hybridized carbons (Fsp3) is 0.355. The molecular weight excluding hydrogens is 542 g/mol. The number of carbonyl (C=O) groups excluding carboxylic acids is 2. The molecule has 0 saturated heterocycles. The van der Waals surface area contributed by atoms with Crippen LogP contribution in [0.3, 0.4) is 0 Å². The number of hydrogen-bond acceptors (Lipinski definition) is 6. The molecule has 41 heavy (non-hydrogen) atoms. The Kier molecular flexibility index (Phi) is 11.2. The van der Waals surface area contributed by atoms with E-state index in [1.54, 1.807) is 74.7 Å². The van der Waals surface area contributed by atoms with Crippen molar-refractivity contribution in [3.63, 3.8) is 0 Å². The molecule has 0 aliphatic carbocycles. The van der Waals surface area contributed by atoms with E-state index in [0.717, 1.165) is 9.87 Å². The Morgan fingerprint density at radius 1 is 0.902 bits per heavy atom. The summed E-state index contributed by atoms with van der Waals surface area (Å²) in [4.78, 5) is 28.5. The van der Waals surface area contributed by atoms with E-state index in [0.29, 0.717) is 30.3 Å². The van der Waals surface area contributed by atoms with E-state index in [2.05, 4.69) is 5.32 Å². The zero-order valence-electron chi connectivity index (χ0n) is 24.2. The van der Waals surface area contributed by atoms with Gasteiger partial charge in [-0.25, -0.2) is 8.42 Å². The first-order valence-corrected chi connectivity index (χ1v) is 15.0. The van der Waals surface area contributed by atoms with E-state index < -0.39 is 28.5 Å². The molecule has 1 N–H and O–H groups in total. The van der Waals surface area contributed by atoms with E-state index in [4.69, 9.17) is 9.47 Å². The quantitative estimate of drug-likeness (QED) is 0.301. The van der Waals surface area contributed by atoms with E-state index >= 15 is 0 Å². The Labute approximate surface area is 243 Å². The lowest BCUT2D eigenvalue weighted by Gasteiger charge is -2.32. The zero-order valence-corrected chi connectivity index (χ0v) is 25.1. The Morgan fingerprint density at radius 3 is 2.20 bits per heavy atom. The summed E-state index contributed by atoms with van der Waals surface area (Å²) in [5, 5.41) is 2.88. The predicted molar refractivity (Wildman–Crippen MR) is 159 cm³/mol. The molecule has 1 atom stereocenters. The monoisotopic (exact) mass is 581 g/mol. The third-order valence-electron chi connectivity index (χ3n) is 6.38. The van der Waals surface area contributed by atoms with Crippen LogP contribution in [0.15, 0.2) is 83.8 Å². The molecule has 0 spiro atoms. The van der Waals surface area contributed by atoms with Crippen LogP contribution in [0.4, 0.5) is 5.69 Å². The Morgan fingerprint density at radius 2 is 1.59 bits per heavy atom. The molecule has 220 valence electrons. The third kappa shape index (κ3) is 8.47. The van der Waals surface area contributed by atoms with Crippen molar-refractivity contribution in [2.75, 3.05) is 31.1 Å². The van der Waals surface area contributed by atoms with Crippen molar-refractivity contribution in [3.05, 3.63) is 84.4 Å². The number of ether oxygens (including phenoxy) is 2. The minimum atomic E-state index is -4.13. The van der Waals surface area contributed by atoms with Crippen molar-refractivity contribution >= 4 is 27.5 Å². The molecule has 9 nitrogen and oxygen atoms in total. The van der Waals surface area contributed by atoms with Crippen molar-refractivity contribution in [2.45, 2.75) is 45.2 Å². The Balaban J connectivity index is 2.01. The molecule has 0 aliphatic rings. The lowest BCUT2D eigenvalue weighted by atomic mass is 10.1. The van der Waals surface area contributed by atoms with Gasteiger partial charge in [-0.05, 0) is 73.9 Å². The predicted octanol–water partition coefficient (Wildman–Crippen LogP) is 4.48. The summed E-state index contributed by atoms with van der Waals surface area (Å²) in [6, 6.07) is 20.8. The maximum atomic E-state index is 14.0. The molecule has 0 aliphatic heterocycles. The molecule has 10 heteroatoms. The smallest absolute Gasteiger partial charge is 0.264 e. The van der Waals surface area contributed by atoms with Gasteiger partial charge in [0, 0.05) is 13.1 Å². The fourth-order valence-electron chi connectivity index (χ4n) is 4.13. The number of benzene rings is 3. The standard InChI is InChI=1S/C31H39N3O6S/c1-6-40-27-17-15-26(16-18-27)34(41(37,38)29-13-8-7-9-14-29)22-30(35)33(24(4)31(36)32-20-23(2)3)21-25-11-10-12-28(19-25)39-5/h7-19,23-24H,6,20-22H2,1-5H3,(H,32,36). The second-order valence-electron chi connectivity index (χ2n) is 9.94. The SMILES string of the molecule is CCOc1ccc(N(CC(=O)N(Cc2cccc(OC)c2)C(C)C(=O)NCC(C)C)S(=O)(=O)c2ccccc2)cc1. The number of nitrogens with one attached hydrogen (secondary N) is 1. The minimum Gasteiger partial charge on any atom is -0.497 e. The number of methoxy groups -OCH3 is 1. The summed E-state index contributed by atoms with van der Waals surface area (Å²) in [7, 11) is -2.59. The van der Waals surface area contributed by atoms with E-state index in [-0.39, 0.29) is 23.3 Å². The van der Waals surface area contributed by atoms with Crippen molar-refractivity contribution in [3.8, 4) is 11.5 Å². The molecular formula is C31H39N3O6S. The van der Waals surface area contributed by atoms with Gasteiger partial charge in [0.25, 0.3) is 10.0 Å². The average molecular weight is 582 g/mol. The highest BCUT2D eigenvalue weighted by atomic mass is 32.2. The summed E-state index contributed by atoms with van der Waals surface area (Å²) in [5.41, 5.74) is 1.03. The molecule has 0 heterocycles. The van der Waals surface area contributed by atoms with Gasteiger partial charge in [-0.2, -0.15) is 0 Å². The Bertz CT molecular complexity index is 1390. The molecule has 2 amide bonds. The second kappa shape index (κ2) is 14.5. The largest absolute Gasteiger partial charge is 0.497 e. The Hall–Kier alpha value is -4.05. The average Bonchev–Trinajstić information content (AvgIpc) is 2.98. The number of hydrogen-bond donors (Lipinski definition) is 1. The highest BCUT2D eigenvalue weighted by Crippen LogP contribution is 2.27. The van der Waals surface area contributed by atoms with Crippen molar-refractivity contribution in [2.24, 2.45) is 5.92 Å². The van der Waals surface area contributed by atoms with Crippen LogP contribution < -0.4 is 19.1 Å². The van der Waals surface area contributed by atoms with Crippen LogP contribution in [-0.4, -0.2) is 58.0 Å². The van der Waals surface area contributed by atoms with Gasteiger partial charge < -0.3 is 19.7 Å². The molecule has 3 aromatic rings. The number of sulfonamides is 1. The van der Waals surface area contributed by atoms with Gasteiger partial charge in [0.05, 0.1) is 24.3 Å². The third-order valence-corrected chi connectivity index (χ3v) is 8.17. The van der Waals surface area contributed by atoms with Gasteiger partial charge >= 0.3 is 0 Å². The maximum absolute atomic E-state index is 14.0. The molecule has 3 rings (SSSR count). The number of carbonyl (C=O) groups is 2. The van der Waals surface area contributed by atoms with Crippen LogP contribution in [0.25, 0.3) is 0 Å². The highest BCUT2D eigenvalue weighted by molar-refractivity contribution is 7.92. The zero-order chi connectivity index (χ0) is 30.0. The number of anilines is 1. The van der Waals surface area contributed by atoms with E-state index in [1.165, 1.54) is 17.0 Å². The summed E-state index contributed by atoms with van der Waals surface area (Å²) in [5.74, 6) is 0.547. The summed E-state index contributed by atoms with van der Waals surface area (Å²) < 4.78 is 39.6. The molecule has 3 aromatic carbocycles. The van der Waals surface area contributed by atoms with E-state index in [9.17, 15) is 18.0 Å². The maximum Gasteiger partial charge on any atom is 0.264 e. The fourth-order valence-corrected chi connectivity index (χ4v) is 5.56. The molecule has 0 aromatic heterocycles. The summed E-state index contributed by atoms with van der Waals surface area (Å²) in [6.07, 6.45) is 0. The van der Waals surface area contributed by atoms with E-state index in [1.807, 2.05) is 26.8 Å². The number of nitrogens with zero attached hydrogens (tertiary/aromatic N) is 2. The molecule has 1 unspecified atom stereocenters. The van der Waals surface area contributed by atoms with Crippen LogP contribution >= 0.6 is 0 Å². The van der Waals surface area contributed by atoms with Gasteiger partial charge in [0.15, 0.2) is 0 Å². The van der Waals surface area contributed by atoms with Gasteiger partial charge in [0.2, 0.25) is 11.8 Å². The van der Waals surface area contributed by atoms with Crippen LogP contribution in [-0.2, 0) is 26.2 Å². The van der Waals surface area contributed by atoms with Crippen LogP contribution in [0.1, 0.15) is 33.3 Å². The van der Waals surface area contributed by atoms with Gasteiger partial charge in [-0.1, -0.05) is 44.2 Å². The molecule has 0 fully saturated rings.